The third kappa shape index (κ3) is 5.32. The van der Waals surface area contributed by atoms with Crippen LogP contribution in [0, 0.1) is 0 Å². The van der Waals surface area contributed by atoms with Crippen molar-refractivity contribution in [2.45, 2.75) is 0 Å². The van der Waals surface area contributed by atoms with Crippen LogP contribution in [0.1, 0.15) is 15.9 Å². The Morgan fingerprint density at radius 1 is 0.839 bits per heavy atom. The molecule has 0 aliphatic carbocycles. The van der Waals surface area contributed by atoms with E-state index >= 15 is 0 Å². The fourth-order valence-electron chi connectivity index (χ4n) is 3.03. The molecule has 0 aromatic heterocycles. The van der Waals surface area contributed by atoms with Gasteiger partial charge in [-0.25, -0.2) is 4.79 Å². The molecule has 0 spiro atoms. The summed E-state index contributed by atoms with van der Waals surface area (Å²) in [6.45, 7) is 0. The maximum absolute atomic E-state index is 12.6. The second kappa shape index (κ2) is 9.65. The molecule has 6 heteroatoms. The highest BCUT2D eigenvalue weighted by molar-refractivity contribution is 7.80. The van der Waals surface area contributed by atoms with Crippen molar-refractivity contribution >= 4 is 46.0 Å². The number of hydrogen-bond acceptors (Lipinski definition) is 4. The topological polar surface area (TPSA) is 62.7 Å². The predicted molar refractivity (Wildman–Crippen MR) is 129 cm³/mol. The second-order valence-corrected chi connectivity index (χ2v) is 7.08. The molecule has 4 aromatic rings. The number of carbonyl (C=O) groups excluding carboxylic acids is 1. The van der Waals surface area contributed by atoms with Gasteiger partial charge in [-0.1, -0.05) is 54.6 Å². The van der Waals surface area contributed by atoms with Crippen molar-refractivity contribution in [2.75, 3.05) is 5.32 Å². The molecule has 0 aliphatic heterocycles. The van der Waals surface area contributed by atoms with Crippen molar-refractivity contribution in [1.29, 1.82) is 0 Å². The summed E-state index contributed by atoms with van der Waals surface area (Å²) in [6.07, 6.45) is 1.63. The molecule has 31 heavy (non-hydrogen) atoms. The van der Waals surface area contributed by atoms with E-state index in [1.54, 1.807) is 24.4 Å². The first-order valence-electron chi connectivity index (χ1n) is 9.64. The molecule has 0 heterocycles. The van der Waals surface area contributed by atoms with E-state index in [9.17, 15) is 4.79 Å². The molecule has 0 amide bonds. The van der Waals surface area contributed by atoms with Crippen LogP contribution in [0.25, 0.3) is 10.8 Å². The van der Waals surface area contributed by atoms with E-state index in [2.05, 4.69) is 15.8 Å². The molecule has 0 saturated heterocycles. The minimum atomic E-state index is -0.391. The number of hydrogen-bond donors (Lipinski definition) is 2. The average molecular weight is 426 g/mol. The van der Waals surface area contributed by atoms with Crippen molar-refractivity contribution in [3.05, 3.63) is 108 Å². The Bertz CT molecular complexity index is 1230. The van der Waals surface area contributed by atoms with E-state index < -0.39 is 5.97 Å². The number of hydrazone groups is 1. The van der Waals surface area contributed by atoms with E-state index in [4.69, 9.17) is 17.0 Å². The van der Waals surface area contributed by atoms with E-state index in [1.165, 1.54) is 0 Å². The van der Waals surface area contributed by atoms with Crippen molar-refractivity contribution in [3.8, 4) is 5.75 Å². The first-order valence-corrected chi connectivity index (χ1v) is 10.0. The lowest BCUT2D eigenvalue weighted by atomic mass is 10.0. The summed E-state index contributed by atoms with van der Waals surface area (Å²) in [5, 5.41) is 9.41. The average Bonchev–Trinajstić information content (AvgIpc) is 2.80. The Morgan fingerprint density at radius 2 is 1.55 bits per heavy atom. The molecule has 152 valence electrons. The molecular formula is C25H19N3O2S. The molecular weight excluding hydrogens is 406 g/mol. The number of nitrogens with zero attached hydrogens (tertiary/aromatic N) is 1. The van der Waals surface area contributed by atoms with Crippen LogP contribution in [0.5, 0.6) is 5.75 Å². The number of nitrogens with one attached hydrogen (secondary N) is 2. The third-order valence-electron chi connectivity index (χ3n) is 4.51. The van der Waals surface area contributed by atoms with Gasteiger partial charge >= 0.3 is 5.97 Å². The fraction of sp³-hybridized carbons (Fsp3) is 0. The number of fused-ring (bicyclic) bond motifs is 1. The molecule has 5 nitrogen and oxygen atoms in total. The maximum atomic E-state index is 12.6. The van der Waals surface area contributed by atoms with Crippen molar-refractivity contribution in [1.82, 2.24) is 5.43 Å². The summed E-state index contributed by atoms with van der Waals surface area (Å²) in [5.74, 6) is 0.0709. The molecule has 4 rings (SSSR count). The molecule has 0 atom stereocenters. The quantitative estimate of drug-likeness (QED) is 0.148. The maximum Gasteiger partial charge on any atom is 0.344 e. The first-order chi connectivity index (χ1) is 15.2. The second-order valence-electron chi connectivity index (χ2n) is 6.68. The monoisotopic (exact) mass is 425 g/mol. The smallest absolute Gasteiger partial charge is 0.344 e. The third-order valence-corrected chi connectivity index (χ3v) is 4.70. The van der Waals surface area contributed by atoms with Crippen molar-refractivity contribution in [2.24, 2.45) is 5.10 Å². The van der Waals surface area contributed by atoms with Crippen LogP contribution in [0.4, 0.5) is 5.69 Å². The Hall–Kier alpha value is -4.03. The Balaban J connectivity index is 1.35. The lowest BCUT2D eigenvalue weighted by Crippen LogP contribution is -2.23. The summed E-state index contributed by atoms with van der Waals surface area (Å²) in [7, 11) is 0. The summed E-state index contributed by atoms with van der Waals surface area (Å²) >= 11 is 5.21. The molecule has 0 radical (unpaired) electrons. The minimum Gasteiger partial charge on any atom is -0.423 e. The van der Waals surface area contributed by atoms with Gasteiger partial charge in [-0.15, -0.1) is 0 Å². The number of ether oxygens (including phenoxy) is 1. The highest BCUT2D eigenvalue weighted by atomic mass is 32.1. The van der Waals surface area contributed by atoms with Crippen LogP contribution in [0.15, 0.2) is 102 Å². The molecule has 0 fully saturated rings. The SMILES string of the molecule is O=C(Oc1ccc(C=NNC(=S)Nc2ccccc2)cc1)c1cccc2ccccc12. The molecule has 4 aromatic carbocycles. The van der Waals surface area contributed by atoms with Gasteiger partial charge in [0.25, 0.3) is 0 Å². The summed E-state index contributed by atoms with van der Waals surface area (Å²) in [6, 6.07) is 30.0. The van der Waals surface area contributed by atoms with Gasteiger partial charge in [0.15, 0.2) is 5.11 Å². The van der Waals surface area contributed by atoms with Crippen LogP contribution in [0.3, 0.4) is 0 Å². The minimum absolute atomic E-state index is 0.391. The molecule has 0 unspecified atom stereocenters. The van der Waals surface area contributed by atoms with Gasteiger partial charge in [0.2, 0.25) is 0 Å². The number of carbonyl (C=O) groups is 1. The van der Waals surface area contributed by atoms with E-state index in [-0.39, 0.29) is 0 Å². The lowest BCUT2D eigenvalue weighted by molar-refractivity contribution is 0.0737. The standard InChI is InChI=1S/C25H19N3O2S/c29-24(23-12-6-8-19-7-4-5-11-22(19)23)30-21-15-13-18(14-16-21)17-26-28-25(31)27-20-9-2-1-3-10-20/h1-17H,(H2,27,28,31). The fourth-order valence-corrected chi connectivity index (χ4v) is 3.20. The first kappa shape index (κ1) is 20.3. The largest absolute Gasteiger partial charge is 0.423 e. The Labute approximate surface area is 185 Å². The summed E-state index contributed by atoms with van der Waals surface area (Å²) < 4.78 is 5.54. The number of esters is 1. The van der Waals surface area contributed by atoms with Crippen molar-refractivity contribution < 1.29 is 9.53 Å². The zero-order valence-electron chi connectivity index (χ0n) is 16.5. The van der Waals surface area contributed by atoms with Gasteiger partial charge in [0, 0.05) is 5.69 Å². The lowest BCUT2D eigenvalue weighted by Gasteiger charge is -2.08. The number of benzene rings is 4. The normalized spacial score (nSPS) is 10.7. The van der Waals surface area contributed by atoms with E-state index in [1.807, 2.05) is 78.9 Å². The zero-order valence-corrected chi connectivity index (χ0v) is 17.3. The van der Waals surface area contributed by atoms with Crippen LogP contribution in [-0.4, -0.2) is 17.3 Å². The van der Waals surface area contributed by atoms with Gasteiger partial charge in [-0.3, -0.25) is 5.43 Å². The Kier molecular flexibility index (Phi) is 6.30. The van der Waals surface area contributed by atoms with E-state index in [0.717, 1.165) is 22.0 Å². The number of para-hydroxylation sites is 1. The number of rotatable bonds is 5. The van der Waals surface area contributed by atoms with Gasteiger partial charge in [-0.05, 0) is 71.0 Å². The van der Waals surface area contributed by atoms with Gasteiger partial charge in [-0.2, -0.15) is 5.10 Å². The van der Waals surface area contributed by atoms with Gasteiger partial charge < -0.3 is 10.1 Å². The predicted octanol–water partition coefficient (Wildman–Crippen LogP) is 5.38. The highest BCUT2D eigenvalue weighted by Gasteiger charge is 2.12. The van der Waals surface area contributed by atoms with Crippen LogP contribution < -0.4 is 15.5 Å². The Morgan fingerprint density at radius 3 is 2.35 bits per heavy atom. The van der Waals surface area contributed by atoms with Crippen LogP contribution in [-0.2, 0) is 0 Å². The molecule has 0 saturated carbocycles. The molecule has 2 N–H and O–H groups in total. The number of thiocarbonyl (C=S) groups is 1. The number of anilines is 1. The summed E-state index contributed by atoms with van der Waals surface area (Å²) in [4.78, 5) is 12.6. The van der Waals surface area contributed by atoms with E-state index in [0.29, 0.717) is 16.4 Å². The van der Waals surface area contributed by atoms with Gasteiger partial charge in [0.05, 0.1) is 11.8 Å². The van der Waals surface area contributed by atoms with Crippen LogP contribution >= 0.6 is 12.2 Å². The van der Waals surface area contributed by atoms with Gasteiger partial charge in [0.1, 0.15) is 5.75 Å². The molecule has 0 aliphatic rings. The van der Waals surface area contributed by atoms with Crippen molar-refractivity contribution in [3.63, 3.8) is 0 Å². The zero-order chi connectivity index (χ0) is 21.5. The highest BCUT2D eigenvalue weighted by Crippen LogP contribution is 2.21. The van der Waals surface area contributed by atoms with Crippen LogP contribution in [0.2, 0.25) is 0 Å². The molecule has 0 bridgehead atoms. The summed E-state index contributed by atoms with van der Waals surface area (Å²) in [5.41, 5.74) is 5.02.